The van der Waals surface area contributed by atoms with Crippen LogP contribution in [-0.4, -0.2) is 19.9 Å². The number of H-pyrrole nitrogens is 1. The standard InChI is InChI=1S/C12H10BrN5/c1-6-7(3-2-4-8(6)13)11-17-9-10(14)15-5-16-12(9)18-11/h2-5H,1H3,(H3,14,15,16,17,18). The predicted octanol–water partition coefficient (Wildman–Crippen LogP) is 2.67. The highest BCUT2D eigenvalue weighted by molar-refractivity contribution is 9.10. The Hall–Kier alpha value is -1.95. The van der Waals surface area contributed by atoms with E-state index in [2.05, 4.69) is 35.9 Å². The quantitative estimate of drug-likeness (QED) is 0.724. The highest BCUT2D eigenvalue weighted by atomic mass is 79.9. The molecular formula is C12H10BrN5. The van der Waals surface area contributed by atoms with Crippen molar-refractivity contribution in [3.05, 3.63) is 34.6 Å². The van der Waals surface area contributed by atoms with Crippen LogP contribution in [-0.2, 0) is 0 Å². The topological polar surface area (TPSA) is 80.5 Å². The van der Waals surface area contributed by atoms with Gasteiger partial charge < -0.3 is 10.7 Å². The molecule has 0 radical (unpaired) electrons. The molecule has 3 aromatic rings. The first-order valence-corrected chi connectivity index (χ1v) is 6.18. The molecule has 90 valence electrons. The Morgan fingerprint density at radius 2 is 2.11 bits per heavy atom. The van der Waals surface area contributed by atoms with Crippen molar-refractivity contribution in [3.63, 3.8) is 0 Å². The second-order valence-corrected chi connectivity index (χ2v) is 4.81. The number of nitrogens with zero attached hydrogens (tertiary/aromatic N) is 3. The number of nitrogens with two attached hydrogens (primary N) is 1. The lowest BCUT2D eigenvalue weighted by atomic mass is 10.1. The van der Waals surface area contributed by atoms with Gasteiger partial charge in [0.25, 0.3) is 0 Å². The zero-order valence-corrected chi connectivity index (χ0v) is 11.2. The summed E-state index contributed by atoms with van der Waals surface area (Å²) >= 11 is 3.51. The molecule has 5 nitrogen and oxygen atoms in total. The fourth-order valence-corrected chi connectivity index (χ4v) is 2.20. The van der Waals surface area contributed by atoms with Crippen LogP contribution in [0.3, 0.4) is 0 Å². The van der Waals surface area contributed by atoms with Crippen molar-refractivity contribution in [1.82, 2.24) is 19.9 Å². The average molecular weight is 304 g/mol. The highest BCUT2D eigenvalue weighted by Crippen LogP contribution is 2.28. The van der Waals surface area contributed by atoms with Crippen molar-refractivity contribution in [2.75, 3.05) is 5.73 Å². The van der Waals surface area contributed by atoms with Crippen molar-refractivity contribution < 1.29 is 0 Å². The summed E-state index contributed by atoms with van der Waals surface area (Å²) < 4.78 is 1.04. The van der Waals surface area contributed by atoms with Crippen molar-refractivity contribution in [1.29, 1.82) is 0 Å². The summed E-state index contributed by atoms with van der Waals surface area (Å²) in [5.74, 6) is 1.15. The highest BCUT2D eigenvalue weighted by Gasteiger charge is 2.11. The normalized spacial score (nSPS) is 11.0. The molecule has 3 rings (SSSR count). The van der Waals surface area contributed by atoms with Gasteiger partial charge in [-0.1, -0.05) is 28.1 Å². The molecular weight excluding hydrogens is 294 g/mol. The lowest BCUT2D eigenvalue weighted by Crippen LogP contribution is -1.91. The maximum atomic E-state index is 5.78. The Morgan fingerprint density at radius 1 is 1.28 bits per heavy atom. The zero-order chi connectivity index (χ0) is 12.7. The molecule has 2 aromatic heterocycles. The monoisotopic (exact) mass is 303 g/mol. The summed E-state index contributed by atoms with van der Waals surface area (Å²) in [6, 6.07) is 5.96. The number of imidazole rings is 1. The number of benzene rings is 1. The Bertz CT molecular complexity index is 734. The molecule has 0 spiro atoms. The molecule has 0 aliphatic rings. The van der Waals surface area contributed by atoms with Gasteiger partial charge in [-0.05, 0) is 18.6 Å². The van der Waals surface area contributed by atoms with Gasteiger partial charge >= 0.3 is 0 Å². The van der Waals surface area contributed by atoms with E-state index >= 15 is 0 Å². The minimum atomic E-state index is 0.409. The number of anilines is 1. The summed E-state index contributed by atoms with van der Waals surface area (Å²) in [6.07, 6.45) is 1.41. The number of rotatable bonds is 1. The molecule has 18 heavy (non-hydrogen) atoms. The van der Waals surface area contributed by atoms with Gasteiger partial charge in [-0.2, -0.15) is 0 Å². The molecule has 0 atom stereocenters. The number of aromatic amines is 1. The summed E-state index contributed by atoms with van der Waals surface area (Å²) in [5.41, 5.74) is 9.17. The van der Waals surface area contributed by atoms with E-state index in [1.54, 1.807) is 0 Å². The molecule has 2 heterocycles. The van der Waals surface area contributed by atoms with E-state index in [0.717, 1.165) is 21.4 Å². The molecule has 3 N–H and O–H groups in total. The van der Waals surface area contributed by atoms with Crippen LogP contribution in [0.1, 0.15) is 5.56 Å². The van der Waals surface area contributed by atoms with Crippen molar-refractivity contribution in [3.8, 4) is 11.4 Å². The van der Waals surface area contributed by atoms with Gasteiger partial charge in [0.2, 0.25) is 0 Å². The van der Waals surface area contributed by atoms with Crippen molar-refractivity contribution in [2.24, 2.45) is 0 Å². The minimum absolute atomic E-state index is 0.409. The summed E-state index contributed by atoms with van der Waals surface area (Å²) in [7, 11) is 0. The first kappa shape index (κ1) is 11.2. The Labute approximate surface area is 112 Å². The Morgan fingerprint density at radius 3 is 2.89 bits per heavy atom. The minimum Gasteiger partial charge on any atom is -0.382 e. The Kier molecular flexibility index (Phi) is 2.52. The van der Waals surface area contributed by atoms with Gasteiger partial charge in [0.1, 0.15) is 17.7 Å². The van der Waals surface area contributed by atoms with Crippen molar-refractivity contribution >= 4 is 32.9 Å². The van der Waals surface area contributed by atoms with Gasteiger partial charge in [0, 0.05) is 10.0 Å². The number of nitrogen functional groups attached to an aromatic ring is 1. The van der Waals surface area contributed by atoms with Crippen LogP contribution in [0.2, 0.25) is 0 Å². The van der Waals surface area contributed by atoms with Gasteiger partial charge in [-0.3, -0.25) is 0 Å². The molecule has 1 aromatic carbocycles. The smallest absolute Gasteiger partial charge is 0.183 e. The first-order chi connectivity index (χ1) is 8.66. The number of hydrogen-bond donors (Lipinski definition) is 2. The second-order valence-electron chi connectivity index (χ2n) is 3.96. The predicted molar refractivity (Wildman–Crippen MR) is 74.0 cm³/mol. The van der Waals surface area contributed by atoms with Crippen LogP contribution >= 0.6 is 15.9 Å². The third-order valence-electron chi connectivity index (χ3n) is 2.84. The molecule has 0 unspecified atom stereocenters. The van der Waals surface area contributed by atoms with Crippen LogP contribution in [0.25, 0.3) is 22.6 Å². The largest absolute Gasteiger partial charge is 0.382 e. The lowest BCUT2D eigenvalue weighted by molar-refractivity contribution is 1.21. The van der Waals surface area contributed by atoms with E-state index in [9.17, 15) is 0 Å². The van der Waals surface area contributed by atoms with E-state index in [0.29, 0.717) is 17.0 Å². The van der Waals surface area contributed by atoms with E-state index in [4.69, 9.17) is 5.73 Å². The number of aromatic nitrogens is 4. The van der Waals surface area contributed by atoms with Crippen LogP contribution in [0.15, 0.2) is 29.0 Å². The SMILES string of the molecule is Cc1c(Br)cccc1-c1nc2ncnc(N)c2[nH]1. The summed E-state index contributed by atoms with van der Waals surface area (Å²) in [6.45, 7) is 2.03. The fraction of sp³-hybridized carbons (Fsp3) is 0.0833. The molecule has 0 aliphatic heterocycles. The van der Waals surface area contributed by atoms with E-state index in [1.807, 2.05) is 25.1 Å². The summed E-state index contributed by atoms with van der Waals surface area (Å²) in [5, 5.41) is 0. The zero-order valence-electron chi connectivity index (χ0n) is 9.61. The molecule has 0 aliphatic carbocycles. The second kappa shape index (κ2) is 4.06. The van der Waals surface area contributed by atoms with Gasteiger partial charge in [0.15, 0.2) is 11.5 Å². The third-order valence-corrected chi connectivity index (χ3v) is 3.70. The number of hydrogen-bond acceptors (Lipinski definition) is 4. The van der Waals surface area contributed by atoms with E-state index in [-0.39, 0.29) is 0 Å². The van der Waals surface area contributed by atoms with Gasteiger partial charge in [0.05, 0.1) is 0 Å². The van der Waals surface area contributed by atoms with E-state index < -0.39 is 0 Å². The van der Waals surface area contributed by atoms with Gasteiger partial charge in [-0.25, -0.2) is 15.0 Å². The van der Waals surface area contributed by atoms with Crippen LogP contribution in [0.5, 0.6) is 0 Å². The molecule has 0 amide bonds. The first-order valence-electron chi connectivity index (χ1n) is 5.38. The number of fused-ring (bicyclic) bond motifs is 1. The summed E-state index contributed by atoms with van der Waals surface area (Å²) in [4.78, 5) is 15.6. The van der Waals surface area contributed by atoms with Crippen LogP contribution in [0.4, 0.5) is 5.82 Å². The number of halogens is 1. The van der Waals surface area contributed by atoms with Crippen LogP contribution < -0.4 is 5.73 Å². The lowest BCUT2D eigenvalue weighted by Gasteiger charge is -2.03. The van der Waals surface area contributed by atoms with Crippen LogP contribution in [0, 0.1) is 6.92 Å². The van der Waals surface area contributed by atoms with Gasteiger partial charge in [-0.15, -0.1) is 0 Å². The maximum absolute atomic E-state index is 5.78. The molecule has 0 saturated heterocycles. The van der Waals surface area contributed by atoms with E-state index in [1.165, 1.54) is 6.33 Å². The molecule has 0 fully saturated rings. The van der Waals surface area contributed by atoms with Crippen molar-refractivity contribution in [2.45, 2.75) is 6.92 Å². The molecule has 0 bridgehead atoms. The number of nitrogens with one attached hydrogen (secondary N) is 1. The molecule has 0 saturated carbocycles. The fourth-order valence-electron chi connectivity index (χ4n) is 1.84. The maximum Gasteiger partial charge on any atom is 0.183 e. The molecule has 6 heteroatoms. The average Bonchev–Trinajstić information content (AvgIpc) is 2.78. The Balaban J connectivity index is 2.26. The third kappa shape index (κ3) is 1.65.